The second kappa shape index (κ2) is 9.63. The Hall–Kier alpha value is -4.69. The molecule has 0 saturated heterocycles. The summed E-state index contributed by atoms with van der Waals surface area (Å²) >= 11 is 0. The first kappa shape index (κ1) is 23.0. The van der Waals surface area contributed by atoms with E-state index < -0.39 is 23.1 Å². The van der Waals surface area contributed by atoms with Gasteiger partial charge in [0.15, 0.2) is 5.57 Å². The molecular weight excluding hydrogens is 423 g/mol. The number of aliphatic hydroxyl groups excluding tert-OH is 1. The van der Waals surface area contributed by atoms with E-state index in [1.54, 1.807) is 48.8 Å². The second-order valence-electron chi connectivity index (χ2n) is 7.35. The van der Waals surface area contributed by atoms with E-state index in [1.165, 1.54) is 32.2 Å². The molecule has 0 radical (unpaired) electrons. The number of phenols is 1. The van der Waals surface area contributed by atoms with Gasteiger partial charge in [-0.1, -0.05) is 18.2 Å². The van der Waals surface area contributed by atoms with Gasteiger partial charge in [0.2, 0.25) is 0 Å². The predicted octanol–water partition coefficient (Wildman–Crippen LogP) is 4.22. The number of aliphatic hydroxyl groups is 1. The number of nitriles is 2. The summed E-state index contributed by atoms with van der Waals surface area (Å²) in [7, 11) is 1.38. The maximum atomic E-state index is 14.7. The van der Waals surface area contributed by atoms with Crippen molar-refractivity contribution in [2.75, 3.05) is 7.05 Å². The zero-order valence-electron chi connectivity index (χ0n) is 17.9. The van der Waals surface area contributed by atoms with Crippen LogP contribution in [0.25, 0.3) is 16.9 Å². The van der Waals surface area contributed by atoms with Gasteiger partial charge in [-0.2, -0.15) is 10.5 Å². The molecule has 0 fully saturated rings. The number of hydrogen-bond donors (Lipinski definition) is 2. The van der Waals surface area contributed by atoms with Gasteiger partial charge < -0.3 is 15.1 Å². The second-order valence-corrected chi connectivity index (χ2v) is 7.35. The molecular formula is C25H19FN4O3. The molecule has 164 valence electrons. The maximum Gasteiger partial charge on any atom is 0.268 e. The van der Waals surface area contributed by atoms with Crippen molar-refractivity contribution in [1.82, 2.24) is 9.88 Å². The fourth-order valence-corrected chi connectivity index (χ4v) is 3.25. The number of halogens is 1. The van der Waals surface area contributed by atoms with Crippen LogP contribution in [0, 0.1) is 35.4 Å². The smallest absolute Gasteiger partial charge is 0.268 e. The van der Waals surface area contributed by atoms with Crippen LogP contribution in [0.4, 0.5) is 4.39 Å². The molecule has 8 heteroatoms. The molecule has 0 bridgehead atoms. The molecule has 1 heterocycles. The molecule has 2 N–H and O–H groups in total. The van der Waals surface area contributed by atoms with Crippen LogP contribution in [0.3, 0.4) is 0 Å². The lowest BCUT2D eigenvalue weighted by molar-refractivity contribution is -0.126. The minimum atomic E-state index is -0.824. The highest BCUT2D eigenvalue weighted by Crippen LogP contribution is 2.28. The van der Waals surface area contributed by atoms with Gasteiger partial charge in [-0.15, -0.1) is 0 Å². The van der Waals surface area contributed by atoms with E-state index in [0.717, 1.165) is 10.5 Å². The minimum absolute atomic E-state index is 0.0344. The molecule has 0 aliphatic heterocycles. The monoisotopic (exact) mass is 442 g/mol. The zero-order valence-corrected chi connectivity index (χ0v) is 17.9. The first-order valence-electron chi connectivity index (χ1n) is 9.78. The lowest BCUT2D eigenvalue weighted by atomic mass is 10.0. The molecule has 3 aromatic rings. The summed E-state index contributed by atoms with van der Waals surface area (Å²) in [6, 6.07) is 14.1. The van der Waals surface area contributed by atoms with Crippen molar-refractivity contribution in [2.45, 2.75) is 13.5 Å². The zero-order chi connectivity index (χ0) is 24.1. The van der Waals surface area contributed by atoms with Gasteiger partial charge in [0.05, 0.1) is 5.56 Å². The molecule has 2 aromatic carbocycles. The van der Waals surface area contributed by atoms with Crippen LogP contribution >= 0.6 is 0 Å². The van der Waals surface area contributed by atoms with Gasteiger partial charge in [0.25, 0.3) is 5.91 Å². The number of phenolic OH excluding ortho intramolecular Hbond substituents is 1. The molecule has 7 nitrogen and oxygen atoms in total. The van der Waals surface area contributed by atoms with Crippen molar-refractivity contribution in [3.63, 3.8) is 0 Å². The van der Waals surface area contributed by atoms with Crippen molar-refractivity contribution in [2.24, 2.45) is 0 Å². The molecule has 33 heavy (non-hydrogen) atoms. The summed E-state index contributed by atoms with van der Waals surface area (Å²) in [6.07, 6.45) is 3.23. The summed E-state index contributed by atoms with van der Waals surface area (Å²) in [5.41, 5.74) is 1.25. The highest BCUT2D eigenvalue weighted by atomic mass is 19.1. The van der Waals surface area contributed by atoms with E-state index in [4.69, 9.17) is 5.26 Å². The van der Waals surface area contributed by atoms with Crippen LogP contribution in [0.1, 0.15) is 22.3 Å². The number of pyridine rings is 1. The van der Waals surface area contributed by atoms with Gasteiger partial charge in [-0.25, -0.2) is 4.39 Å². The van der Waals surface area contributed by atoms with E-state index in [9.17, 15) is 24.7 Å². The number of aromatic hydroxyl groups is 1. The Morgan fingerprint density at radius 3 is 2.55 bits per heavy atom. The molecule has 0 unspecified atom stereocenters. The van der Waals surface area contributed by atoms with Crippen molar-refractivity contribution < 1.29 is 19.4 Å². The number of nitrogens with zero attached hydrogens (tertiary/aromatic N) is 4. The topological polar surface area (TPSA) is 121 Å². The maximum absolute atomic E-state index is 14.7. The third-order valence-corrected chi connectivity index (χ3v) is 5.06. The Morgan fingerprint density at radius 1 is 1.18 bits per heavy atom. The van der Waals surface area contributed by atoms with E-state index in [-0.39, 0.29) is 29.0 Å². The lowest BCUT2D eigenvalue weighted by Gasteiger charge is -2.18. The van der Waals surface area contributed by atoms with E-state index in [1.807, 2.05) is 0 Å². The average Bonchev–Trinajstić information content (AvgIpc) is 2.82. The highest BCUT2D eigenvalue weighted by molar-refractivity contribution is 6.03. The van der Waals surface area contributed by atoms with Gasteiger partial charge in [0.1, 0.15) is 29.5 Å². The van der Waals surface area contributed by atoms with Gasteiger partial charge in [-0.3, -0.25) is 9.78 Å². The lowest BCUT2D eigenvalue weighted by Crippen LogP contribution is -2.28. The third-order valence-electron chi connectivity index (χ3n) is 5.06. The minimum Gasteiger partial charge on any atom is -0.506 e. The average molecular weight is 442 g/mol. The third kappa shape index (κ3) is 4.81. The number of aromatic nitrogens is 1. The first-order valence-corrected chi connectivity index (χ1v) is 9.78. The summed E-state index contributed by atoms with van der Waals surface area (Å²) < 4.78 is 14.7. The van der Waals surface area contributed by atoms with Crippen LogP contribution < -0.4 is 0 Å². The highest BCUT2D eigenvalue weighted by Gasteiger charge is 2.22. The number of carbonyl (C=O) groups is 1. The van der Waals surface area contributed by atoms with Crippen LogP contribution in [0.2, 0.25) is 0 Å². The predicted molar refractivity (Wildman–Crippen MR) is 119 cm³/mol. The van der Waals surface area contributed by atoms with Gasteiger partial charge in [-0.05, 0) is 42.3 Å². The molecule has 0 saturated carbocycles. The number of rotatable bonds is 5. The van der Waals surface area contributed by atoms with E-state index >= 15 is 0 Å². The van der Waals surface area contributed by atoms with Crippen LogP contribution in [0.5, 0.6) is 5.75 Å². The number of hydrogen-bond acceptors (Lipinski definition) is 6. The summed E-state index contributed by atoms with van der Waals surface area (Å²) in [5, 5.41) is 39.1. The Labute approximate surface area is 189 Å². The normalized spacial score (nSPS) is 11.2. The fourth-order valence-electron chi connectivity index (χ4n) is 3.25. The Morgan fingerprint density at radius 2 is 1.94 bits per heavy atom. The molecule has 3 rings (SSSR count). The molecule has 0 aliphatic carbocycles. The van der Waals surface area contributed by atoms with E-state index in [0.29, 0.717) is 11.1 Å². The quantitative estimate of drug-likeness (QED) is 0.347. The molecule has 0 aliphatic rings. The number of carbonyl (C=O) groups excluding carboxylic acids is 1. The van der Waals surface area contributed by atoms with Gasteiger partial charge >= 0.3 is 0 Å². The molecule has 1 amide bonds. The molecule has 1 aromatic heterocycles. The van der Waals surface area contributed by atoms with Crippen molar-refractivity contribution in [3.8, 4) is 29.0 Å². The first-order chi connectivity index (χ1) is 15.8. The standard InChI is InChI=1S/C25H19FN4O3/c1-15-8-19(9-20(11-27)23(15)31)24(32)21(12-28)25(33)30(2)14-18-6-5-16(10-22(18)26)17-4-3-7-29-13-17/h3-10,13,31-32H,14H2,1-2H3/b24-21-. The Bertz CT molecular complexity index is 1340. The SMILES string of the molecule is Cc1cc(/C(O)=C(\C#N)C(=O)N(C)Cc2ccc(-c3cccnc3)cc2F)cc(C#N)c1O. The number of aryl methyl sites for hydroxylation is 1. The van der Waals surface area contributed by atoms with Crippen molar-refractivity contribution in [3.05, 3.63) is 88.5 Å². The largest absolute Gasteiger partial charge is 0.506 e. The van der Waals surface area contributed by atoms with Crippen molar-refractivity contribution in [1.29, 1.82) is 10.5 Å². The fraction of sp³-hybridized carbons (Fsp3) is 0.120. The van der Waals surface area contributed by atoms with Gasteiger partial charge in [0, 0.05) is 42.7 Å². The van der Waals surface area contributed by atoms with Crippen LogP contribution in [0.15, 0.2) is 60.4 Å². The number of benzene rings is 2. The summed E-state index contributed by atoms with van der Waals surface area (Å²) in [6.45, 7) is 1.37. The van der Waals surface area contributed by atoms with E-state index in [2.05, 4.69) is 4.98 Å². The Balaban J connectivity index is 1.88. The van der Waals surface area contributed by atoms with Crippen LogP contribution in [-0.4, -0.2) is 33.1 Å². The van der Waals surface area contributed by atoms with Crippen molar-refractivity contribution >= 4 is 11.7 Å². The summed E-state index contributed by atoms with van der Waals surface area (Å²) in [5.74, 6) is -2.24. The molecule has 0 spiro atoms. The molecule has 0 atom stereocenters. The number of likely N-dealkylation sites (N-methyl/N-ethyl adjacent to an activating group) is 1. The number of amides is 1. The Kier molecular flexibility index (Phi) is 6.71. The summed E-state index contributed by atoms with van der Waals surface area (Å²) in [4.78, 5) is 18.0. The van der Waals surface area contributed by atoms with Crippen LogP contribution in [-0.2, 0) is 11.3 Å².